The molecule has 0 unspecified atom stereocenters. The highest BCUT2D eigenvalue weighted by atomic mass is 35.5. The molecule has 7 heteroatoms. The third kappa shape index (κ3) is 4.99. The van der Waals surface area contributed by atoms with E-state index < -0.39 is 11.1 Å². The van der Waals surface area contributed by atoms with E-state index >= 15 is 0 Å². The Balaban J connectivity index is 1.60. The predicted octanol–water partition coefficient (Wildman–Crippen LogP) is 4.00. The topological polar surface area (TPSA) is 66.5 Å². The monoisotopic (exact) mass is 400 g/mol. The zero-order chi connectivity index (χ0) is 19.4. The highest BCUT2D eigenvalue weighted by molar-refractivity contribution is 8.18. The third-order valence-corrected chi connectivity index (χ3v) is 5.11. The van der Waals surface area contributed by atoms with Crippen molar-refractivity contribution in [2.75, 3.05) is 6.54 Å². The summed E-state index contributed by atoms with van der Waals surface area (Å²) >= 11 is 6.67. The lowest BCUT2D eigenvalue weighted by atomic mass is 10.1. The van der Waals surface area contributed by atoms with Gasteiger partial charge in [-0.3, -0.25) is 19.3 Å². The van der Waals surface area contributed by atoms with Crippen LogP contribution in [0, 0.1) is 6.92 Å². The SMILES string of the molecule is Cc1ccc(CNC(=O)CN2C(=O)S/C(=C\c3ccc(Cl)cc3)C2=O)cc1. The van der Waals surface area contributed by atoms with Gasteiger partial charge in [-0.2, -0.15) is 0 Å². The van der Waals surface area contributed by atoms with E-state index in [1.165, 1.54) is 0 Å². The molecule has 3 rings (SSSR count). The van der Waals surface area contributed by atoms with Crippen LogP contribution in [0.1, 0.15) is 16.7 Å². The van der Waals surface area contributed by atoms with Gasteiger partial charge in [0, 0.05) is 11.6 Å². The second-order valence-corrected chi connectivity index (χ2v) is 7.51. The lowest BCUT2D eigenvalue weighted by Gasteiger charge is -2.12. The highest BCUT2D eigenvalue weighted by Gasteiger charge is 2.36. The molecule has 0 bridgehead atoms. The Morgan fingerprint density at radius 2 is 1.78 bits per heavy atom. The molecular weight excluding hydrogens is 384 g/mol. The fourth-order valence-electron chi connectivity index (χ4n) is 2.45. The normalized spacial score (nSPS) is 15.5. The van der Waals surface area contributed by atoms with Crippen molar-refractivity contribution in [3.8, 4) is 0 Å². The van der Waals surface area contributed by atoms with Gasteiger partial charge in [0.2, 0.25) is 5.91 Å². The lowest BCUT2D eigenvalue weighted by molar-refractivity contribution is -0.129. The summed E-state index contributed by atoms with van der Waals surface area (Å²) < 4.78 is 0. The van der Waals surface area contributed by atoms with E-state index in [0.29, 0.717) is 11.6 Å². The van der Waals surface area contributed by atoms with Crippen molar-refractivity contribution in [3.63, 3.8) is 0 Å². The van der Waals surface area contributed by atoms with Crippen LogP contribution in [-0.2, 0) is 16.1 Å². The number of amides is 3. The van der Waals surface area contributed by atoms with E-state index in [2.05, 4.69) is 5.32 Å². The zero-order valence-electron chi connectivity index (χ0n) is 14.6. The van der Waals surface area contributed by atoms with Crippen LogP contribution in [0.5, 0.6) is 0 Å². The van der Waals surface area contributed by atoms with Crippen molar-refractivity contribution in [3.05, 3.63) is 75.1 Å². The average molecular weight is 401 g/mol. The Hall–Kier alpha value is -2.57. The van der Waals surface area contributed by atoms with Gasteiger partial charge in [-0.15, -0.1) is 0 Å². The van der Waals surface area contributed by atoms with Crippen LogP contribution in [0.3, 0.4) is 0 Å². The number of nitrogens with zero attached hydrogens (tertiary/aromatic N) is 1. The molecule has 0 atom stereocenters. The summed E-state index contributed by atoms with van der Waals surface area (Å²) in [5.74, 6) is -0.851. The minimum Gasteiger partial charge on any atom is -0.350 e. The Morgan fingerprint density at radius 3 is 2.44 bits per heavy atom. The second-order valence-electron chi connectivity index (χ2n) is 6.08. The van der Waals surface area contributed by atoms with E-state index in [-0.39, 0.29) is 17.4 Å². The maximum Gasteiger partial charge on any atom is 0.294 e. The largest absolute Gasteiger partial charge is 0.350 e. The number of hydrogen-bond donors (Lipinski definition) is 1. The summed E-state index contributed by atoms with van der Waals surface area (Å²) in [5.41, 5.74) is 2.84. The number of nitrogens with one attached hydrogen (secondary N) is 1. The number of rotatable bonds is 5. The van der Waals surface area contributed by atoms with Crippen LogP contribution in [-0.4, -0.2) is 28.5 Å². The summed E-state index contributed by atoms with van der Waals surface area (Å²) in [4.78, 5) is 37.9. The first-order valence-corrected chi connectivity index (χ1v) is 9.45. The fraction of sp³-hybridized carbons (Fsp3) is 0.150. The molecular formula is C20H17ClN2O3S. The molecule has 1 fully saturated rings. The first-order valence-electron chi connectivity index (χ1n) is 8.25. The van der Waals surface area contributed by atoms with Gasteiger partial charge in [0.15, 0.2) is 0 Å². The molecule has 1 aliphatic heterocycles. The summed E-state index contributed by atoms with van der Waals surface area (Å²) in [6, 6.07) is 14.7. The Kier molecular flexibility index (Phi) is 5.98. The van der Waals surface area contributed by atoms with Crippen molar-refractivity contribution in [2.45, 2.75) is 13.5 Å². The molecule has 1 aliphatic rings. The molecule has 0 spiro atoms. The number of imide groups is 1. The molecule has 1 saturated heterocycles. The lowest BCUT2D eigenvalue weighted by Crippen LogP contribution is -2.39. The summed E-state index contributed by atoms with van der Waals surface area (Å²) in [5, 5.41) is 2.86. The number of benzene rings is 2. The molecule has 2 aromatic rings. The molecule has 1 N–H and O–H groups in total. The van der Waals surface area contributed by atoms with Crippen LogP contribution in [0.2, 0.25) is 5.02 Å². The van der Waals surface area contributed by atoms with Gasteiger partial charge in [-0.05, 0) is 48.0 Å². The average Bonchev–Trinajstić information content (AvgIpc) is 2.90. The van der Waals surface area contributed by atoms with Crippen molar-refractivity contribution in [1.29, 1.82) is 0 Å². The standard InChI is InChI=1S/C20H17ClN2O3S/c1-13-2-4-15(5-3-13)11-22-18(24)12-23-19(25)17(27-20(23)26)10-14-6-8-16(21)9-7-14/h2-10H,11-12H2,1H3,(H,22,24)/b17-10-. The second kappa shape index (κ2) is 8.41. The number of thioether (sulfide) groups is 1. The third-order valence-electron chi connectivity index (χ3n) is 3.95. The first kappa shape index (κ1) is 19.2. The van der Waals surface area contributed by atoms with Gasteiger partial charge in [-0.25, -0.2) is 0 Å². The van der Waals surface area contributed by atoms with Gasteiger partial charge >= 0.3 is 0 Å². The van der Waals surface area contributed by atoms with E-state index in [0.717, 1.165) is 33.4 Å². The zero-order valence-corrected chi connectivity index (χ0v) is 16.1. The number of aryl methyl sites for hydroxylation is 1. The molecule has 138 valence electrons. The van der Waals surface area contributed by atoms with Crippen molar-refractivity contribution >= 4 is 46.5 Å². The van der Waals surface area contributed by atoms with Gasteiger partial charge < -0.3 is 5.32 Å². The van der Waals surface area contributed by atoms with Crippen molar-refractivity contribution in [1.82, 2.24) is 10.2 Å². The number of halogens is 1. The maximum atomic E-state index is 12.4. The maximum absolute atomic E-state index is 12.4. The Bertz CT molecular complexity index is 908. The molecule has 1 heterocycles. The molecule has 5 nitrogen and oxygen atoms in total. The molecule has 3 amide bonds. The molecule has 0 radical (unpaired) electrons. The van der Waals surface area contributed by atoms with Crippen molar-refractivity contribution < 1.29 is 14.4 Å². The van der Waals surface area contributed by atoms with Crippen LogP contribution < -0.4 is 5.32 Å². The minimum absolute atomic E-state index is 0.286. The van der Waals surface area contributed by atoms with Crippen LogP contribution >= 0.6 is 23.4 Å². The van der Waals surface area contributed by atoms with E-state index in [1.807, 2.05) is 31.2 Å². The van der Waals surface area contributed by atoms with Gasteiger partial charge in [0.1, 0.15) is 6.54 Å². The smallest absolute Gasteiger partial charge is 0.294 e. The fourth-order valence-corrected chi connectivity index (χ4v) is 3.42. The quantitative estimate of drug-likeness (QED) is 0.770. The Morgan fingerprint density at radius 1 is 1.11 bits per heavy atom. The molecule has 0 aromatic heterocycles. The summed E-state index contributed by atoms with van der Waals surface area (Å²) in [6.45, 7) is 2.03. The molecule has 27 heavy (non-hydrogen) atoms. The van der Waals surface area contributed by atoms with E-state index in [1.54, 1.807) is 30.3 Å². The van der Waals surface area contributed by atoms with Gasteiger partial charge in [0.25, 0.3) is 11.1 Å². The number of carbonyl (C=O) groups excluding carboxylic acids is 3. The van der Waals surface area contributed by atoms with Crippen molar-refractivity contribution in [2.24, 2.45) is 0 Å². The van der Waals surface area contributed by atoms with Crippen LogP contribution in [0.15, 0.2) is 53.4 Å². The van der Waals surface area contributed by atoms with Gasteiger partial charge in [-0.1, -0.05) is 53.6 Å². The van der Waals surface area contributed by atoms with E-state index in [4.69, 9.17) is 11.6 Å². The predicted molar refractivity (Wildman–Crippen MR) is 107 cm³/mol. The summed E-state index contributed by atoms with van der Waals surface area (Å²) in [7, 11) is 0. The number of hydrogen-bond acceptors (Lipinski definition) is 4. The van der Waals surface area contributed by atoms with E-state index in [9.17, 15) is 14.4 Å². The molecule has 0 saturated carbocycles. The Labute approximate surface area is 166 Å². The minimum atomic E-state index is -0.467. The molecule has 0 aliphatic carbocycles. The van der Waals surface area contributed by atoms with Gasteiger partial charge in [0.05, 0.1) is 4.91 Å². The van der Waals surface area contributed by atoms with Crippen LogP contribution in [0.25, 0.3) is 6.08 Å². The highest BCUT2D eigenvalue weighted by Crippen LogP contribution is 2.32. The molecule has 2 aromatic carbocycles. The first-order chi connectivity index (χ1) is 12.9. The summed E-state index contributed by atoms with van der Waals surface area (Å²) in [6.07, 6.45) is 1.62. The van der Waals surface area contributed by atoms with Crippen LogP contribution in [0.4, 0.5) is 4.79 Å². The number of carbonyl (C=O) groups is 3.